The highest BCUT2D eigenvalue weighted by Gasteiger charge is 2.30. The van der Waals surface area contributed by atoms with Crippen LogP contribution in [0.2, 0.25) is 0 Å². The quantitative estimate of drug-likeness (QED) is 0.251. The molecule has 0 aliphatic heterocycles. The van der Waals surface area contributed by atoms with Crippen LogP contribution in [0, 0.1) is 0 Å². The molecule has 3 aromatic carbocycles. The first kappa shape index (κ1) is 24.6. The van der Waals surface area contributed by atoms with E-state index in [9.17, 15) is 0 Å². The third-order valence-electron chi connectivity index (χ3n) is 6.07. The maximum Gasteiger partial charge on any atom is 0.0974 e. The van der Waals surface area contributed by atoms with Gasteiger partial charge in [0.2, 0.25) is 0 Å². The molecule has 0 aliphatic carbocycles. The molecule has 0 amide bonds. The van der Waals surface area contributed by atoms with E-state index in [2.05, 4.69) is 97.2 Å². The summed E-state index contributed by atoms with van der Waals surface area (Å²) in [5.41, 5.74) is 17.2. The summed E-state index contributed by atoms with van der Waals surface area (Å²) in [6.45, 7) is 17.7. The number of nitrogens with one attached hydrogen (secondary N) is 1. The van der Waals surface area contributed by atoms with Crippen LogP contribution in [0.25, 0.3) is 0 Å². The highest BCUT2D eigenvalue weighted by Crippen LogP contribution is 2.39. The molecule has 0 aromatic heterocycles. The molecule has 174 valence electrons. The Morgan fingerprint density at radius 2 is 1.12 bits per heavy atom. The van der Waals surface area contributed by atoms with Gasteiger partial charge in [0.15, 0.2) is 0 Å². The van der Waals surface area contributed by atoms with Gasteiger partial charge >= 0.3 is 0 Å². The van der Waals surface area contributed by atoms with Crippen LogP contribution >= 0.6 is 0 Å². The number of hydrogen-bond acceptors (Lipinski definition) is 3. The van der Waals surface area contributed by atoms with Gasteiger partial charge in [-0.1, -0.05) is 114 Å². The number of benzene rings is 3. The van der Waals surface area contributed by atoms with E-state index in [-0.39, 0.29) is 10.8 Å². The molecule has 0 saturated carbocycles. The normalized spacial score (nSPS) is 12.4. The van der Waals surface area contributed by atoms with Gasteiger partial charge in [0.1, 0.15) is 0 Å². The summed E-state index contributed by atoms with van der Waals surface area (Å²) in [5.74, 6) is 0. The molecule has 3 heteroatoms. The molecule has 0 radical (unpaired) electrons. The zero-order chi connectivity index (χ0) is 24.4. The number of hydrogen-bond donors (Lipinski definition) is 2. The maximum atomic E-state index is 6.81. The van der Waals surface area contributed by atoms with Gasteiger partial charge in [0.25, 0.3) is 0 Å². The van der Waals surface area contributed by atoms with E-state index in [0.29, 0.717) is 0 Å². The minimum Gasteiger partial charge on any atom is -0.398 e. The predicted molar refractivity (Wildman–Crippen MR) is 143 cm³/mol. The average molecular weight is 442 g/mol. The minimum absolute atomic E-state index is 0.0149. The molecule has 3 rings (SSSR count). The van der Waals surface area contributed by atoms with E-state index < -0.39 is 5.54 Å². The molecule has 3 nitrogen and oxygen atoms in total. The third-order valence-corrected chi connectivity index (χ3v) is 6.07. The third kappa shape index (κ3) is 5.65. The van der Waals surface area contributed by atoms with Gasteiger partial charge in [-0.25, -0.2) is 0 Å². The smallest absolute Gasteiger partial charge is 0.0974 e. The first-order valence-corrected chi connectivity index (χ1v) is 11.7. The fourth-order valence-electron chi connectivity index (χ4n) is 3.97. The van der Waals surface area contributed by atoms with Crippen molar-refractivity contribution >= 4 is 11.4 Å². The van der Waals surface area contributed by atoms with Crippen LogP contribution in [0.1, 0.15) is 83.2 Å². The standard InChI is InChI=1S/C30H39N3/c1-28(2,3)23-19-24(29(4,5)6)26(31)25(20-23)30(7,8)33-32-27(21-15-11-9-12-16-21)22-17-13-10-14-18-22/h9-20,33H,31H2,1-8H3. The number of hydrazone groups is 1. The van der Waals surface area contributed by atoms with Gasteiger partial charge in [-0.15, -0.1) is 0 Å². The van der Waals surface area contributed by atoms with E-state index in [1.807, 2.05) is 36.4 Å². The van der Waals surface area contributed by atoms with Gasteiger partial charge in [0, 0.05) is 22.4 Å². The summed E-state index contributed by atoms with van der Waals surface area (Å²) in [7, 11) is 0. The largest absolute Gasteiger partial charge is 0.398 e. The minimum atomic E-state index is -0.472. The fraction of sp³-hybridized carbons (Fsp3) is 0.367. The lowest BCUT2D eigenvalue weighted by molar-refractivity contribution is 0.416. The van der Waals surface area contributed by atoms with Crippen molar-refractivity contribution in [3.63, 3.8) is 0 Å². The van der Waals surface area contributed by atoms with Crippen molar-refractivity contribution in [3.8, 4) is 0 Å². The molecule has 0 unspecified atom stereocenters. The van der Waals surface area contributed by atoms with Crippen LogP contribution in [0.3, 0.4) is 0 Å². The SMILES string of the molecule is CC(C)(C)c1cc(C(C)(C)C)c(N)c(C(C)(C)NN=C(c2ccccc2)c2ccccc2)c1. The summed E-state index contributed by atoms with van der Waals surface area (Å²) in [6.07, 6.45) is 0. The summed E-state index contributed by atoms with van der Waals surface area (Å²) in [4.78, 5) is 0. The lowest BCUT2D eigenvalue weighted by atomic mass is 9.76. The zero-order valence-corrected chi connectivity index (χ0v) is 21.5. The van der Waals surface area contributed by atoms with Crippen LogP contribution < -0.4 is 11.2 Å². The average Bonchev–Trinajstić information content (AvgIpc) is 2.73. The predicted octanol–water partition coefficient (Wildman–Crippen LogP) is 7.14. The van der Waals surface area contributed by atoms with E-state index >= 15 is 0 Å². The number of nitrogens with two attached hydrogens (primary N) is 1. The Kier molecular flexibility index (Phi) is 6.74. The summed E-state index contributed by atoms with van der Waals surface area (Å²) < 4.78 is 0. The molecule has 0 atom stereocenters. The van der Waals surface area contributed by atoms with E-state index in [1.54, 1.807) is 0 Å². The molecule has 0 aliphatic rings. The number of nitrogen functional groups attached to an aromatic ring is 1. The Balaban J connectivity index is 2.12. The second-order valence-electron chi connectivity index (χ2n) is 11.4. The second-order valence-corrected chi connectivity index (χ2v) is 11.4. The molecule has 33 heavy (non-hydrogen) atoms. The van der Waals surface area contributed by atoms with Gasteiger partial charge in [-0.05, 0) is 35.8 Å². The van der Waals surface area contributed by atoms with Crippen molar-refractivity contribution in [2.45, 2.75) is 71.8 Å². The van der Waals surface area contributed by atoms with Gasteiger partial charge in [-0.2, -0.15) is 5.10 Å². The molecule has 0 spiro atoms. The Morgan fingerprint density at radius 1 is 0.667 bits per heavy atom. The number of rotatable bonds is 5. The Bertz CT molecular complexity index is 1070. The first-order chi connectivity index (χ1) is 15.3. The van der Waals surface area contributed by atoms with Crippen molar-refractivity contribution in [2.75, 3.05) is 5.73 Å². The molecule has 0 bridgehead atoms. The van der Waals surface area contributed by atoms with Gasteiger partial charge in [-0.3, -0.25) is 5.43 Å². The topological polar surface area (TPSA) is 50.4 Å². The van der Waals surface area contributed by atoms with Crippen LogP contribution in [0.5, 0.6) is 0 Å². The second kappa shape index (κ2) is 9.05. The number of nitrogens with zero attached hydrogens (tertiary/aromatic N) is 1. The van der Waals surface area contributed by atoms with Crippen LogP contribution in [0.15, 0.2) is 77.9 Å². The van der Waals surface area contributed by atoms with Crippen LogP contribution in [0.4, 0.5) is 5.69 Å². The Morgan fingerprint density at radius 3 is 1.55 bits per heavy atom. The Hall–Kier alpha value is -3.07. The van der Waals surface area contributed by atoms with Gasteiger partial charge in [0.05, 0.1) is 11.3 Å². The molecule has 0 heterocycles. The van der Waals surface area contributed by atoms with E-state index in [0.717, 1.165) is 28.1 Å². The van der Waals surface area contributed by atoms with Crippen LogP contribution in [-0.4, -0.2) is 5.71 Å². The van der Waals surface area contributed by atoms with Crippen molar-refractivity contribution in [2.24, 2.45) is 5.10 Å². The molecular formula is C30H39N3. The summed E-state index contributed by atoms with van der Waals surface area (Å²) >= 11 is 0. The van der Waals surface area contributed by atoms with E-state index in [4.69, 9.17) is 10.8 Å². The molecule has 3 N–H and O–H groups in total. The molecular weight excluding hydrogens is 402 g/mol. The summed E-state index contributed by atoms with van der Waals surface area (Å²) in [6, 6.07) is 25.1. The fourth-order valence-corrected chi connectivity index (χ4v) is 3.97. The summed E-state index contributed by atoms with van der Waals surface area (Å²) in [5, 5.41) is 4.95. The maximum absolute atomic E-state index is 6.81. The first-order valence-electron chi connectivity index (χ1n) is 11.7. The van der Waals surface area contributed by atoms with Crippen LogP contribution in [-0.2, 0) is 16.4 Å². The van der Waals surface area contributed by atoms with E-state index in [1.165, 1.54) is 11.1 Å². The van der Waals surface area contributed by atoms with Crippen molar-refractivity contribution in [1.29, 1.82) is 0 Å². The molecule has 0 fully saturated rings. The highest BCUT2D eigenvalue weighted by atomic mass is 15.3. The lowest BCUT2D eigenvalue weighted by Crippen LogP contribution is -2.36. The van der Waals surface area contributed by atoms with Crippen molar-refractivity contribution < 1.29 is 0 Å². The zero-order valence-electron chi connectivity index (χ0n) is 21.5. The Labute approximate surface area is 200 Å². The lowest BCUT2D eigenvalue weighted by Gasteiger charge is -2.33. The monoisotopic (exact) mass is 441 g/mol. The molecule has 0 saturated heterocycles. The number of anilines is 1. The highest BCUT2D eigenvalue weighted by molar-refractivity contribution is 6.12. The van der Waals surface area contributed by atoms with Crippen molar-refractivity contribution in [1.82, 2.24) is 5.43 Å². The molecule has 3 aromatic rings. The van der Waals surface area contributed by atoms with Gasteiger partial charge < -0.3 is 5.73 Å². The van der Waals surface area contributed by atoms with Crippen molar-refractivity contribution in [3.05, 3.63) is 101 Å².